The van der Waals surface area contributed by atoms with Crippen molar-refractivity contribution in [2.45, 2.75) is 6.61 Å². The fraction of sp³-hybridized carbons (Fsp3) is 0.133. The van der Waals surface area contributed by atoms with Crippen LogP contribution in [0, 0.1) is 0 Å². The standard InChI is InChI=1S/C15H13NO2S/c1-18-14-7-6-13(11-4-2-3-5-12(11)14)15-16-8-10(9-17)19-15/h2-8,17H,9H2,1H3. The average Bonchev–Trinajstić information content (AvgIpc) is 2.95. The normalized spacial score (nSPS) is 10.8. The summed E-state index contributed by atoms with van der Waals surface area (Å²) in [4.78, 5) is 5.25. The number of nitrogens with zero attached hydrogens (tertiary/aromatic N) is 1. The van der Waals surface area contributed by atoms with Crippen LogP contribution in [0.15, 0.2) is 42.6 Å². The SMILES string of the molecule is COc1ccc(-c2ncc(CO)s2)c2ccccc12. The van der Waals surface area contributed by atoms with Crippen molar-refractivity contribution in [3.8, 4) is 16.3 Å². The summed E-state index contributed by atoms with van der Waals surface area (Å²) in [5, 5.41) is 12.2. The smallest absolute Gasteiger partial charge is 0.126 e. The molecule has 0 unspecified atom stereocenters. The van der Waals surface area contributed by atoms with Gasteiger partial charge in [0.15, 0.2) is 0 Å². The number of aliphatic hydroxyl groups excluding tert-OH is 1. The zero-order valence-electron chi connectivity index (χ0n) is 10.5. The van der Waals surface area contributed by atoms with Crippen LogP contribution in [0.4, 0.5) is 0 Å². The van der Waals surface area contributed by atoms with Crippen molar-refractivity contribution in [3.05, 3.63) is 47.5 Å². The van der Waals surface area contributed by atoms with Crippen LogP contribution in [0.2, 0.25) is 0 Å². The maximum atomic E-state index is 9.14. The minimum Gasteiger partial charge on any atom is -0.496 e. The van der Waals surface area contributed by atoms with Gasteiger partial charge in [-0.3, -0.25) is 0 Å². The zero-order chi connectivity index (χ0) is 13.2. The molecular formula is C15H13NO2S. The largest absolute Gasteiger partial charge is 0.496 e. The Morgan fingerprint density at radius 3 is 2.63 bits per heavy atom. The molecule has 0 spiro atoms. The molecule has 0 amide bonds. The second-order valence-electron chi connectivity index (χ2n) is 4.15. The third-order valence-corrected chi connectivity index (χ3v) is 4.06. The van der Waals surface area contributed by atoms with E-state index >= 15 is 0 Å². The molecule has 0 aliphatic heterocycles. The van der Waals surface area contributed by atoms with E-state index in [1.165, 1.54) is 11.3 Å². The first kappa shape index (κ1) is 12.1. The van der Waals surface area contributed by atoms with Gasteiger partial charge in [-0.2, -0.15) is 0 Å². The van der Waals surface area contributed by atoms with Crippen molar-refractivity contribution in [2.24, 2.45) is 0 Å². The van der Waals surface area contributed by atoms with Crippen LogP contribution in [-0.4, -0.2) is 17.2 Å². The summed E-state index contributed by atoms with van der Waals surface area (Å²) in [5.74, 6) is 0.860. The summed E-state index contributed by atoms with van der Waals surface area (Å²) in [6.45, 7) is 0.0335. The first-order valence-electron chi connectivity index (χ1n) is 5.95. The molecule has 4 heteroatoms. The molecule has 0 saturated heterocycles. The molecule has 3 nitrogen and oxygen atoms in total. The first-order chi connectivity index (χ1) is 9.33. The van der Waals surface area contributed by atoms with E-state index < -0.39 is 0 Å². The predicted molar refractivity (Wildman–Crippen MR) is 77.5 cm³/mol. The summed E-state index contributed by atoms with van der Waals surface area (Å²) < 4.78 is 5.39. The van der Waals surface area contributed by atoms with Crippen LogP contribution in [0.5, 0.6) is 5.75 Å². The zero-order valence-corrected chi connectivity index (χ0v) is 11.3. The van der Waals surface area contributed by atoms with Gasteiger partial charge < -0.3 is 9.84 Å². The van der Waals surface area contributed by atoms with Crippen molar-refractivity contribution in [2.75, 3.05) is 7.11 Å². The topological polar surface area (TPSA) is 42.4 Å². The highest BCUT2D eigenvalue weighted by Crippen LogP contribution is 2.35. The lowest BCUT2D eigenvalue weighted by molar-refractivity contribution is 0.285. The second kappa shape index (κ2) is 4.99. The van der Waals surface area contributed by atoms with Gasteiger partial charge in [-0.05, 0) is 17.5 Å². The molecule has 3 aromatic rings. The van der Waals surface area contributed by atoms with Gasteiger partial charge in [0, 0.05) is 17.1 Å². The highest BCUT2D eigenvalue weighted by molar-refractivity contribution is 7.15. The van der Waals surface area contributed by atoms with Crippen molar-refractivity contribution < 1.29 is 9.84 Å². The van der Waals surface area contributed by atoms with Gasteiger partial charge in [-0.1, -0.05) is 24.3 Å². The van der Waals surface area contributed by atoms with Crippen LogP contribution < -0.4 is 4.74 Å². The summed E-state index contributed by atoms with van der Waals surface area (Å²) in [6.07, 6.45) is 1.72. The molecule has 0 atom stereocenters. The maximum Gasteiger partial charge on any atom is 0.126 e. The number of hydrogen-bond donors (Lipinski definition) is 1. The van der Waals surface area contributed by atoms with Crippen LogP contribution in [-0.2, 0) is 6.61 Å². The third-order valence-electron chi connectivity index (χ3n) is 3.04. The van der Waals surface area contributed by atoms with Gasteiger partial charge in [0.05, 0.1) is 18.6 Å². The minimum atomic E-state index is 0.0335. The number of methoxy groups -OCH3 is 1. The molecule has 0 radical (unpaired) electrons. The Balaban J connectivity index is 2.24. The highest BCUT2D eigenvalue weighted by atomic mass is 32.1. The van der Waals surface area contributed by atoms with Crippen molar-refractivity contribution >= 4 is 22.1 Å². The van der Waals surface area contributed by atoms with E-state index in [2.05, 4.69) is 11.1 Å². The molecule has 2 aromatic carbocycles. The Bertz CT molecular complexity index is 721. The Morgan fingerprint density at radius 2 is 1.95 bits per heavy atom. The van der Waals surface area contributed by atoms with Gasteiger partial charge >= 0.3 is 0 Å². The van der Waals surface area contributed by atoms with E-state index in [-0.39, 0.29) is 6.61 Å². The van der Waals surface area contributed by atoms with Crippen molar-refractivity contribution in [3.63, 3.8) is 0 Å². The summed E-state index contributed by atoms with van der Waals surface area (Å²) in [5.41, 5.74) is 1.07. The molecular weight excluding hydrogens is 258 g/mol. The summed E-state index contributed by atoms with van der Waals surface area (Å²) in [6, 6.07) is 12.1. The lowest BCUT2D eigenvalue weighted by Gasteiger charge is -2.08. The van der Waals surface area contributed by atoms with Crippen molar-refractivity contribution in [1.82, 2.24) is 4.98 Å². The minimum absolute atomic E-state index is 0.0335. The number of aromatic nitrogens is 1. The predicted octanol–water partition coefficient (Wildman–Crippen LogP) is 3.46. The number of hydrogen-bond acceptors (Lipinski definition) is 4. The molecule has 0 aliphatic rings. The number of benzene rings is 2. The fourth-order valence-electron chi connectivity index (χ4n) is 2.14. The molecule has 1 aromatic heterocycles. The quantitative estimate of drug-likeness (QED) is 0.793. The van der Waals surface area contributed by atoms with Crippen LogP contribution >= 0.6 is 11.3 Å². The lowest BCUT2D eigenvalue weighted by Crippen LogP contribution is -1.87. The van der Waals surface area contributed by atoms with Crippen LogP contribution in [0.1, 0.15) is 4.88 Å². The molecule has 1 heterocycles. The van der Waals surface area contributed by atoms with Gasteiger partial charge in [0.1, 0.15) is 10.8 Å². The Morgan fingerprint density at radius 1 is 1.16 bits per heavy atom. The molecule has 0 saturated carbocycles. The molecule has 3 rings (SSSR count). The Kier molecular flexibility index (Phi) is 3.19. The highest BCUT2D eigenvalue weighted by Gasteiger charge is 2.10. The fourth-order valence-corrected chi connectivity index (χ4v) is 2.95. The van der Waals surface area contributed by atoms with Gasteiger partial charge in [-0.15, -0.1) is 11.3 Å². The molecule has 19 heavy (non-hydrogen) atoms. The molecule has 1 N–H and O–H groups in total. The second-order valence-corrected chi connectivity index (χ2v) is 5.27. The number of aliphatic hydroxyl groups is 1. The average molecular weight is 271 g/mol. The molecule has 96 valence electrons. The molecule has 0 fully saturated rings. The summed E-state index contributed by atoms with van der Waals surface area (Å²) >= 11 is 1.51. The van der Waals surface area contributed by atoms with E-state index in [1.54, 1.807) is 13.3 Å². The Hall–Kier alpha value is -1.91. The molecule has 0 bridgehead atoms. The number of thiazole rings is 1. The monoisotopic (exact) mass is 271 g/mol. The number of ether oxygens (including phenoxy) is 1. The molecule has 0 aliphatic carbocycles. The van der Waals surface area contributed by atoms with Gasteiger partial charge in [0.25, 0.3) is 0 Å². The maximum absolute atomic E-state index is 9.14. The van der Waals surface area contributed by atoms with Crippen molar-refractivity contribution in [1.29, 1.82) is 0 Å². The first-order valence-corrected chi connectivity index (χ1v) is 6.77. The number of rotatable bonds is 3. The van der Waals surface area contributed by atoms with Crippen LogP contribution in [0.25, 0.3) is 21.3 Å². The summed E-state index contributed by atoms with van der Waals surface area (Å²) in [7, 11) is 1.68. The van der Waals surface area contributed by atoms with Gasteiger partial charge in [-0.25, -0.2) is 4.98 Å². The Labute approximate surface area is 115 Å². The van der Waals surface area contributed by atoms with Gasteiger partial charge in [0.2, 0.25) is 0 Å². The number of fused-ring (bicyclic) bond motifs is 1. The van der Waals surface area contributed by atoms with E-state index in [0.717, 1.165) is 32.0 Å². The van der Waals surface area contributed by atoms with E-state index in [4.69, 9.17) is 9.84 Å². The van der Waals surface area contributed by atoms with Crippen LogP contribution in [0.3, 0.4) is 0 Å². The third kappa shape index (κ3) is 2.09. The van der Waals surface area contributed by atoms with E-state index in [1.807, 2.05) is 30.3 Å². The van der Waals surface area contributed by atoms with E-state index in [9.17, 15) is 0 Å². The lowest BCUT2D eigenvalue weighted by atomic mass is 10.0. The van der Waals surface area contributed by atoms with E-state index in [0.29, 0.717) is 0 Å².